The molecule has 0 aliphatic rings. The summed E-state index contributed by atoms with van der Waals surface area (Å²) in [5, 5.41) is 2.64. The summed E-state index contributed by atoms with van der Waals surface area (Å²) < 4.78 is 28.9. The molecule has 0 saturated heterocycles. The van der Waals surface area contributed by atoms with E-state index in [2.05, 4.69) is 5.32 Å². The number of likely N-dealkylation sites (N-methyl/N-ethyl adjacent to an activating group) is 1. The minimum Gasteiger partial charge on any atom is -0.357 e. The average Bonchev–Trinajstić information content (AvgIpc) is 2.88. The van der Waals surface area contributed by atoms with Crippen molar-refractivity contribution in [1.82, 2.24) is 10.2 Å². The molecule has 0 spiro atoms. The van der Waals surface area contributed by atoms with Crippen LogP contribution in [0.2, 0.25) is 0 Å². The quantitative estimate of drug-likeness (QED) is 0.430. The Morgan fingerprint density at radius 2 is 1.57 bits per heavy atom. The van der Waals surface area contributed by atoms with Crippen LogP contribution in [0.25, 0.3) is 0 Å². The zero-order chi connectivity index (χ0) is 27.2. The second-order valence-corrected chi connectivity index (χ2v) is 11.0. The number of sulfonamides is 1. The number of carbonyl (C=O) groups is 2. The topological polar surface area (TPSA) is 86.8 Å². The lowest BCUT2D eigenvalue weighted by Crippen LogP contribution is -2.51. The molecule has 37 heavy (non-hydrogen) atoms. The van der Waals surface area contributed by atoms with E-state index >= 15 is 0 Å². The lowest BCUT2D eigenvalue weighted by atomic mass is 10.1. The van der Waals surface area contributed by atoms with Crippen LogP contribution in [0.5, 0.6) is 0 Å². The van der Waals surface area contributed by atoms with Crippen LogP contribution >= 0.6 is 0 Å². The van der Waals surface area contributed by atoms with Gasteiger partial charge in [-0.1, -0.05) is 67.1 Å². The van der Waals surface area contributed by atoms with Crippen LogP contribution in [0.4, 0.5) is 5.69 Å². The van der Waals surface area contributed by atoms with E-state index in [0.29, 0.717) is 12.1 Å². The molecule has 0 aliphatic carbocycles. The Kier molecular flexibility index (Phi) is 9.10. The maximum Gasteiger partial charge on any atom is 0.264 e. The number of aryl methyl sites for hydroxylation is 3. The van der Waals surface area contributed by atoms with Gasteiger partial charge in [0.25, 0.3) is 10.0 Å². The summed E-state index contributed by atoms with van der Waals surface area (Å²) in [5.74, 6) is -0.759. The molecule has 0 fully saturated rings. The van der Waals surface area contributed by atoms with Crippen molar-refractivity contribution in [3.63, 3.8) is 0 Å². The first kappa shape index (κ1) is 27.9. The highest BCUT2D eigenvalue weighted by Gasteiger charge is 2.33. The van der Waals surface area contributed by atoms with Gasteiger partial charge in [0.1, 0.15) is 12.6 Å². The van der Waals surface area contributed by atoms with Gasteiger partial charge in [0, 0.05) is 13.6 Å². The van der Waals surface area contributed by atoms with E-state index in [4.69, 9.17) is 0 Å². The maximum absolute atomic E-state index is 14.0. The summed E-state index contributed by atoms with van der Waals surface area (Å²) in [6.07, 6.45) is 0.381. The fraction of sp³-hybridized carbons (Fsp3) is 0.310. The van der Waals surface area contributed by atoms with Crippen LogP contribution in [-0.2, 0) is 26.2 Å². The molecular weight excluding hydrogens is 486 g/mol. The molecule has 3 rings (SSSR count). The number of amides is 2. The number of hydrogen-bond donors (Lipinski definition) is 1. The number of rotatable bonds is 10. The second-order valence-electron chi connectivity index (χ2n) is 9.16. The zero-order valence-corrected chi connectivity index (χ0v) is 22.9. The molecule has 1 N–H and O–H groups in total. The van der Waals surface area contributed by atoms with Crippen molar-refractivity contribution in [2.45, 2.75) is 51.6 Å². The summed E-state index contributed by atoms with van der Waals surface area (Å²) >= 11 is 0. The molecule has 3 aromatic carbocycles. The highest BCUT2D eigenvalue weighted by atomic mass is 32.2. The number of carbonyl (C=O) groups excluding carboxylic acids is 2. The fourth-order valence-corrected chi connectivity index (χ4v) is 5.81. The SMILES string of the molecule is CC[C@@H](C(=O)NC)N(Cc1cccc(C)c1)C(=O)CN(c1cc(C)ccc1C)S(=O)(=O)c1ccccc1. The van der Waals surface area contributed by atoms with Gasteiger partial charge in [-0.3, -0.25) is 13.9 Å². The summed E-state index contributed by atoms with van der Waals surface area (Å²) in [6.45, 7) is 7.22. The molecule has 0 unspecified atom stereocenters. The van der Waals surface area contributed by atoms with Crippen LogP contribution in [-0.4, -0.2) is 44.8 Å². The van der Waals surface area contributed by atoms with Gasteiger partial charge in [-0.05, 0) is 62.1 Å². The fourth-order valence-electron chi connectivity index (χ4n) is 4.31. The van der Waals surface area contributed by atoms with Crippen molar-refractivity contribution in [2.24, 2.45) is 0 Å². The molecular formula is C29H35N3O4S. The Labute approximate surface area is 220 Å². The Bertz CT molecular complexity index is 1360. The molecule has 0 radical (unpaired) electrons. The molecule has 3 aromatic rings. The van der Waals surface area contributed by atoms with Crippen molar-refractivity contribution in [2.75, 3.05) is 17.9 Å². The predicted molar refractivity (Wildman–Crippen MR) is 147 cm³/mol. The highest BCUT2D eigenvalue weighted by Crippen LogP contribution is 2.28. The summed E-state index contributed by atoms with van der Waals surface area (Å²) in [6, 6.07) is 20.5. The van der Waals surface area contributed by atoms with Crippen molar-refractivity contribution in [1.29, 1.82) is 0 Å². The summed E-state index contributed by atoms with van der Waals surface area (Å²) in [5.41, 5.74) is 3.92. The largest absolute Gasteiger partial charge is 0.357 e. The van der Waals surface area contributed by atoms with Gasteiger partial charge in [-0.2, -0.15) is 0 Å². The molecule has 2 amide bonds. The van der Waals surface area contributed by atoms with Crippen LogP contribution in [0.15, 0.2) is 77.7 Å². The number of anilines is 1. The summed E-state index contributed by atoms with van der Waals surface area (Å²) in [7, 11) is -2.54. The maximum atomic E-state index is 14.0. The third-order valence-electron chi connectivity index (χ3n) is 6.31. The first-order valence-electron chi connectivity index (χ1n) is 12.3. The number of benzene rings is 3. The van der Waals surface area contributed by atoms with E-state index in [-0.39, 0.29) is 17.3 Å². The standard InChI is InChI=1S/C29H35N3O4S/c1-6-26(29(34)30-5)31(19-24-12-10-11-21(2)17-24)28(33)20-32(27-18-22(3)15-16-23(27)4)37(35,36)25-13-8-7-9-14-25/h7-18,26H,6,19-20H2,1-5H3,(H,30,34)/t26-/m0/s1. The molecule has 196 valence electrons. The lowest BCUT2D eigenvalue weighted by molar-refractivity contribution is -0.140. The predicted octanol–water partition coefficient (Wildman–Crippen LogP) is 4.36. The third-order valence-corrected chi connectivity index (χ3v) is 8.09. The molecule has 0 saturated carbocycles. The van der Waals surface area contributed by atoms with E-state index in [9.17, 15) is 18.0 Å². The van der Waals surface area contributed by atoms with Gasteiger partial charge in [0.15, 0.2) is 0 Å². The van der Waals surface area contributed by atoms with Gasteiger partial charge < -0.3 is 10.2 Å². The van der Waals surface area contributed by atoms with Crippen molar-refractivity contribution in [3.05, 3.63) is 95.1 Å². The molecule has 0 heterocycles. The number of nitrogens with zero attached hydrogens (tertiary/aromatic N) is 2. The number of hydrogen-bond acceptors (Lipinski definition) is 4. The van der Waals surface area contributed by atoms with Crippen LogP contribution in [0.1, 0.15) is 35.6 Å². The van der Waals surface area contributed by atoms with Crippen LogP contribution in [0, 0.1) is 20.8 Å². The van der Waals surface area contributed by atoms with Gasteiger partial charge in [-0.15, -0.1) is 0 Å². The monoisotopic (exact) mass is 521 g/mol. The average molecular weight is 522 g/mol. The number of nitrogens with one attached hydrogen (secondary N) is 1. The van der Waals surface area contributed by atoms with Crippen molar-refractivity contribution >= 4 is 27.5 Å². The van der Waals surface area contributed by atoms with E-state index in [0.717, 1.165) is 26.6 Å². The van der Waals surface area contributed by atoms with Gasteiger partial charge in [0.2, 0.25) is 11.8 Å². The summed E-state index contributed by atoms with van der Waals surface area (Å²) in [4.78, 5) is 28.3. The van der Waals surface area contributed by atoms with Gasteiger partial charge in [-0.25, -0.2) is 8.42 Å². The first-order valence-corrected chi connectivity index (χ1v) is 13.7. The molecule has 1 atom stereocenters. The minimum absolute atomic E-state index is 0.0901. The van der Waals surface area contributed by atoms with E-state index in [1.807, 2.05) is 64.1 Å². The van der Waals surface area contributed by atoms with E-state index in [1.165, 1.54) is 24.1 Å². The second kappa shape index (κ2) is 12.1. The lowest BCUT2D eigenvalue weighted by Gasteiger charge is -2.33. The molecule has 8 heteroatoms. The highest BCUT2D eigenvalue weighted by molar-refractivity contribution is 7.92. The first-order chi connectivity index (χ1) is 17.6. The van der Waals surface area contributed by atoms with E-state index < -0.39 is 28.5 Å². The van der Waals surface area contributed by atoms with Crippen LogP contribution in [0.3, 0.4) is 0 Å². The molecule has 0 aliphatic heterocycles. The molecule has 0 bridgehead atoms. The van der Waals surface area contributed by atoms with Gasteiger partial charge >= 0.3 is 0 Å². The van der Waals surface area contributed by atoms with Gasteiger partial charge in [0.05, 0.1) is 10.6 Å². The van der Waals surface area contributed by atoms with Crippen molar-refractivity contribution in [3.8, 4) is 0 Å². The Hall–Kier alpha value is -3.65. The third kappa shape index (κ3) is 6.57. The molecule has 7 nitrogen and oxygen atoms in total. The van der Waals surface area contributed by atoms with Crippen molar-refractivity contribution < 1.29 is 18.0 Å². The van der Waals surface area contributed by atoms with Crippen LogP contribution < -0.4 is 9.62 Å². The normalized spacial score (nSPS) is 12.0. The van der Waals surface area contributed by atoms with E-state index in [1.54, 1.807) is 24.3 Å². The Morgan fingerprint density at radius 3 is 2.19 bits per heavy atom. The minimum atomic E-state index is -4.07. The Morgan fingerprint density at radius 1 is 0.892 bits per heavy atom. The smallest absolute Gasteiger partial charge is 0.264 e. The zero-order valence-electron chi connectivity index (χ0n) is 22.1. The Balaban J connectivity index is 2.10. The molecule has 0 aromatic heterocycles.